The Morgan fingerprint density at radius 1 is 1.25 bits per heavy atom. The van der Waals surface area contributed by atoms with E-state index < -0.39 is 12.1 Å². The number of fused-ring (bicyclic) bond motifs is 3. The number of hydrogen-bond acceptors (Lipinski definition) is 5. The van der Waals surface area contributed by atoms with Crippen molar-refractivity contribution in [2.45, 2.75) is 19.1 Å². The second-order valence-electron chi connectivity index (χ2n) is 5.84. The summed E-state index contributed by atoms with van der Waals surface area (Å²) >= 11 is 0. The molecular formula is C18H15N3O3. The van der Waals surface area contributed by atoms with Gasteiger partial charge in [0.2, 0.25) is 0 Å². The minimum atomic E-state index is -1.18. The second-order valence-corrected chi connectivity index (χ2v) is 5.84. The van der Waals surface area contributed by atoms with Gasteiger partial charge in [0.1, 0.15) is 11.8 Å². The molecule has 4 rings (SSSR count). The molecule has 2 atom stereocenters. The van der Waals surface area contributed by atoms with Crippen LogP contribution in [0.25, 0.3) is 5.65 Å². The number of benzene rings is 1. The monoisotopic (exact) mass is 321 g/mol. The van der Waals surface area contributed by atoms with Crippen LogP contribution in [0.5, 0.6) is 0 Å². The summed E-state index contributed by atoms with van der Waals surface area (Å²) in [4.78, 5) is 28.3. The number of aromatic nitrogens is 2. The molecule has 3 heterocycles. The lowest BCUT2D eigenvalue weighted by molar-refractivity contribution is 0.0695. The average molecular weight is 321 g/mol. The van der Waals surface area contributed by atoms with E-state index in [1.54, 1.807) is 23.6 Å². The summed E-state index contributed by atoms with van der Waals surface area (Å²) < 4.78 is 1.65. The van der Waals surface area contributed by atoms with Crippen LogP contribution >= 0.6 is 0 Å². The fraction of sp³-hybridized carbons (Fsp3) is 0.167. The number of Topliss-reactive ketones (excluding diaryl/α,β-unsaturated/α-hetero) is 1. The van der Waals surface area contributed by atoms with E-state index in [0.29, 0.717) is 28.3 Å². The number of anilines is 1. The van der Waals surface area contributed by atoms with Gasteiger partial charge in [-0.25, -0.2) is 4.98 Å². The van der Waals surface area contributed by atoms with E-state index in [1.165, 1.54) is 0 Å². The van der Waals surface area contributed by atoms with Gasteiger partial charge in [-0.2, -0.15) is 0 Å². The fourth-order valence-corrected chi connectivity index (χ4v) is 3.20. The standard InChI is InChI=1S/C18H15N3O3/c1-10-13(9-22)21-8-7-12-15(18(21)19-10)20-14(17(24)16(12)23)11-5-3-2-4-6-11/h2-9,14,17,20,24H,1H3/t14-,17-/m1/s1. The molecule has 2 aromatic heterocycles. The van der Waals surface area contributed by atoms with Gasteiger partial charge < -0.3 is 10.4 Å². The number of aldehydes is 1. The molecule has 120 valence electrons. The van der Waals surface area contributed by atoms with Crippen molar-refractivity contribution in [1.29, 1.82) is 0 Å². The zero-order valence-corrected chi connectivity index (χ0v) is 12.9. The maximum Gasteiger partial charge on any atom is 0.196 e. The number of carbonyl (C=O) groups is 2. The molecule has 24 heavy (non-hydrogen) atoms. The van der Waals surface area contributed by atoms with E-state index in [-0.39, 0.29) is 5.78 Å². The van der Waals surface area contributed by atoms with Gasteiger partial charge in [-0.3, -0.25) is 14.0 Å². The third kappa shape index (κ3) is 1.97. The highest BCUT2D eigenvalue weighted by Crippen LogP contribution is 2.35. The minimum Gasteiger partial charge on any atom is -0.382 e. The van der Waals surface area contributed by atoms with Crippen molar-refractivity contribution in [1.82, 2.24) is 9.38 Å². The minimum absolute atomic E-state index is 0.353. The molecule has 0 unspecified atom stereocenters. The van der Waals surface area contributed by atoms with Crippen molar-refractivity contribution in [3.63, 3.8) is 0 Å². The number of imidazole rings is 1. The van der Waals surface area contributed by atoms with E-state index in [4.69, 9.17) is 0 Å². The predicted molar refractivity (Wildman–Crippen MR) is 88.5 cm³/mol. The second kappa shape index (κ2) is 5.28. The molecule has 0 saturated heterocycles. The van der Waals surface area contributed by atoms with Crippen LogP contribution in [0, 0.1) is 6.92 Å². The van der Waals surface area contributed by atoms with Gasteiger partial charge in [0, 0.05) is 11.8 Å². The predicted octanol–water partition coefficient (Wildman–Crippen LogP) is 2.17. The normalized spacial score (nSPS) is 19.8. The molecule has 0 radical (unpaired) electrons. The third-order valence-corrected chi connectivity index (χ3v) is 4.44. The molecule has 0 amide bonds. The Labute approximate surface area is 137 Å². The molecule has 2 N–H and O–H groups in total. The number of nitrogens with one attached hydrogen (secondary N) is 1. The van der Waals surface area contributed by atoms with E-state index in [1.807, 2.05) is 30.3 Å². The lowest BCUT2D eigenvalue weighted by atomic mass is 9.90. The molecule has 1 aromatic carbocycles. The van der Waals surface area contributed by atoms with Crippen molar-refractivity contribution in [2.75, 3.05) is 5.32 Å². The van der Waals surface area contributed by atoms with Gasteiger partial charge in [-0.15, -0.1) is 0 Å². The largest absolute Gasteiger partial charge is 0.382 e. The first kappa shape index (κ1) is 14.6. The van der Waals surface area contributed by atoms with Crippen LogP contribution in [0.1, 0.15) is 38.1 Å². The Morgan fingerprint density at radius 2 is 2.00 bits per heavy atom. The smallest absolute Gasteiger partial charge is 0.196 e. The number of carbonyl (C=O) groups excluding carboxylic acids is 2. The Balaban J connectivity index is 1.93. The summed E-state index contributed by atoms with van der Waals surface area (Å²) in [5.41, 5.74) is 3.28. The van der Waals surface area contributed by atoms with Gasteiger partial charge in [0.15, 0.2) is 17.7 Å². The highest BCUT2D eigenvalue weighted by molar-refractivity contribution is 6.09. The Hall–Kier alpha value is -2.99. The molecule has 0 bridgehead atoms. The Morgan fingerprint density at radius 3 is 2.71 bits per heavy atom. The van der Waals surface area contributed by atoms with Crippen LogP contribution in [-0.4, -0.2) is 32.7 Å². The van der Waals surface area contributed by atoms with Gasteiger partial charge in [-0.1, -0.05) is 30.3 Å². The molecule has 6 heteroatoms. The SMILES string of the molecule is Cc1nc2c3c(ccn2c1C=O)C(=O)[C@H](O)[C@@H](c1ccccc1)N3. The van der Waals surface area contributed by atoms with E-state index >= 15 is 0 Å². The number of rotatable bonds is 2. The van der Waals surface area contributed by atoms with Crippen LogP contribution in [0.4, 0.5) is 5.69 Å². The molecular weight excluding hydrogens is 306 g/mol. The molecule has 0 spiro atoms. The highest BCUT2D eigenvalue weighted by atomic mass is 16.3. The van der Waals surface area contributed by atoms with Crippen LogP contribution in [-0.2, 0) is 0 Å². The van der Waals surface area contributed by atoms with Crippen LogP contribution in [0.2, 0.25) is 0 Å². The third-order valence-electron chi connectivity index (χ3n) is 4.44. The van der Waals surface area contributed by atoms with Gasteiger partial charge in [-0.05, 0) is 18.6 Å². The van der Waals surface area contributed by atoms with Crippen LogP contribution in [0.3, 0.4) is 0 Å². The summed E-state index contributed by atoms with van der Waals surface area (Å²) in [6.07, 6.45) is 1.20. The number of aliphatic hydroxyl groups excluding tert-OH is 1. The maximum atomic E-state index is 12.6. The summed E-state index contributed by atoms with van der Waals surface area (Å²) in [7, 11) is 0. The van der Waals surface area contributed by atoms with E-state index in [0.717, 1.165) is 11.8 Å². The molecule has 6 nitrogen and oxygen atoms in total. The maximum absolute atomic E-state index is 12.6. The topological polar surface area (TPSA) is 83.7 Å². The summed E-state index contributed by atoms with van der Waals surface area (Å²) in [5.74, 6) is -0.353. The van der Waals surface area contributed by atoms with Gasteiger partial charge in [0.25, 0.3) is 0 Å². The zero-order chi connectivity index (χ0) is 16.8. The van der Waals surface area contributed by atoms with Crippen molar-refractivity contribution in [3.8, 4) is 0 Å². The molecule has 1 aliphatic rings. The lowest BCUT2D eigenvalue weighted by Crippen LogP contribution is -2.38. The zero-order valence-electron chi connectivity index (χ0n) is 12.9. The number of pyridine rings is 1. The molecule has 0 fully saturated rings. The van der Waals surface area contributed by atoms with Gasteiger partial charge >= 0.3 is 0 Å². The highest BCUT2D eigenvalue weighted by Gasteiger charge is 2.36. The van der Waals surface area contributed by atoms with Gasteiger partial charge in [0.05, 0.1) is 17.4 Å². The molecule has 3 aromatic rings. The molecule has 1 aliphatic heterocycles. The van der Waals surface area contributed by atoms with Crippen LogP contribution < -0.4 is 5.32 Å². The van der Waals surface area contributed by atoms with Crippen molar-refractivity contribution >= 4 is 23.4 Å². The van der Waals surface area contributed by atoms with Crippen molar-refractivity contribution in [2.24, 2.45) is 0 Å². The van der Waals surface area contributed by atoms with E-state index in [2.05, 4.69) is 10.3 Å². The first-order valence-corrected chi connectivity index (χ1v) is 7.62. The van der Waals surface area contributed by atoms with Crippen molar-refractivity contribution in [3.05, 3.63) is 65.1 Å². The summed E-state index contributed by atoms with van der Waals surface area (Å²) in [6.45, 7) is 1.75. The Bertz CT molecular complexity index is 963. The first-order chi connectivity index (χ1) is 11.6. The van der Waals surface area contributed by atoms with Crippen molar-refractivity contribution < 1.29 is 14.7 Å². The number of hydrogen-bond donors (Lipinski definition) is 2. The fourth-order valence-electron chi connectivity index (χ4n) is 3.20. The molecule has 0 aliphatic carbocycles. The molecule has 0 saturated carbocycles. The average Bonchev–Trinajstić information content (AvgIpc) is 2.94. The Kier molecular flexibility index (Phi) is 3.21. The number of nitrogens with zero attached hydrogens (tertiary/aromatic N) is 2. The number of ketones is 1. The summed E-state index contributed by atoms with van der Waals surface area (Å²) in [5, 5.41) is 13.7. The number of aliphatic hydroxyl groups is 1. The van der Waals surface area contributed by atoms with Crippen LogP contribution in [0.15, 0.2) is 42.6 Å². The number of aryl methyl sites for hydroxylation is 1. The first-order valence-electron chi connectivity index (χ1n) is 7.62. The quantitative estimate of drug-likeness (QED) is 0.707. The summed E-state index contributed by atoms with van der Waals surface area (Å²) in [6, 6.07) is 10.3. The lowest BCUT2D eigenvalue weighted by Gasteiger charge is -2.31. The van der Waals surface area contributed by atoms with E-state index in [9.17, 15) is 14.7 Å².